The van der Waals surface area contributed by atoms with Crippen molar-refractivity contribution >= 4 is 6.08 Å². The first-order valence-electron chi connectivity index (χ1n) is 4.27. The van der Waals surface area contributed by atoms with E-state index in [1.165, 1.54) is 0 Å². The Balaban J connectivity index is 4.11. The van der Waals surface area contributed by atoms with E-state index in [0.29, 0.717) is 0 Å². The fourth-order valence-electron chi connectivity index (χ4n) is 1.42. The maximum absolute atomic E-state index is 10.1. The number of rotatable bonds is 5. The maximum atomic E-state index is 10.1. The number of nitrogens with zero attached hydrogens (tertiary/aromatic N) is 1. The molecule has 0 bridgehead atoms. The molecule has 0 aliphatic carbocycles. The molecule has 0 N–H and O–H groups in total. The van der Waals surface area contributed by atoms with Crippen LogP contribution in [0.4, 0.5) is 0 Å². The second-order valence-electron chi connectivity index (χ2n) is 3.20. The average molecular weight is 155 g/mol. The predicted molar refractivity (Wildman–Crippen MR) is 46.3 cm³/mol. The van der Waals surface area contributed by atoms with Gasteiger partial charge in [-0.25, -0.2) is 4.79 Å². The lowest BCUT2D eigenvalue weighted by Crippen LogP contribution is -2.20. The van der Waals surface area contributed by atoms with Crippen LogP contribution in [-0.4, -0.2) is 11.6 Å². The summed E-state index contributed by atoms with van der Waals surface area (Å²) in [5, 5.41) is 0. The zero-order valence-electron chi connectivity index (χ0n) is 7.68. The number of hydrogen-bond donors (Lipinski definition) is 0. The molecule has 0 atom stereocenters. The summed E-state index contributed by atoms with van der Waals surface area (Å²) in [7, 11) is 0. The zero-order valence-corrected chi connectivity index (χ0v) is 7.68. The molecule has 0 aromatic carbocycles. The Bertz CT molecular complexity index is 142. The van der Waals surface area contributed by atoms with Crippen molar-refractivity contribution in [3.8, 4) is 0 Å². The van der Waals surface area contributed by atoms with Gasteiger partial charge in [-0.2, -0.15) is 4.99 Å². The van der Waals surface area contributed by atoms with Crippen molar-refractivity contribution < 1.29 is 4.79 Å². The highest BCUT2D eigenvalue weighted by Gasteiger charge is 2.20. The molecule has 0 radical (unpaired) electrons. The van der Waals surface area contributed by atoms with Gasteiger partial charge in [0, 0.05) is 0 Å². The van der Waals surface area contributed by atoms with Crippen molar-refractivity contribution in [3.63, 3.8) is 0 Å². The molecule has 0 aliphatic heterocycles. The van der Waals surface area contributed by atoms with Crippen LogP contribution in [0.15, 0.2) is 4.99 Å². The molecular weight excluding hydrogens is 138 g/mol. The lowest BCUT2D eigenvalue weighted by Gasteiger charge is -2.21. The minimum Gasteiger partial charge on any atom is -0.211 e. The first kappa shape index (κ1) is 10.4. The molecule has 2 heteroatoms. The molecular formula is C9H17NO. The molecule has 0 unspecified atom stereocenters. The number of carbonyl (C=O) groups excluding carboxylic acids is 1. The highest BCUT2D eigenvalue weighted by Crippen LogP contribution is 2.22. The molecule has 64 valence electrons. The Labute approximate surface area is 68.7 Å². The van der Waals surface area contributed by atoms with E-state index in [2.05, 4.69) is 18.8 Å². The molecule has 0 aromatic heterocycles. The van der Waals surface area contributed by atoms with Crippen molar-refractivity contribution in [1.82, 2.24) is 0 Å². The van der Waals surface area contributed by atoms with Crippen molar-refractivity contribution in [2.75, 3.05) is 0 Å². The van der Waals surface area contributed by atoms with Gasteiger partial charge in [-0.05, 0) is 19.8 Å². The summed E-state index contributed by atoms with van der Waals surface area (Å²) in [6.07, 6.45) is 5.76. The summed E-state index contributed by atoms with van der Waals surface area (Å²) in [6, 6.07) is 0. The fourth-order valence-corrected chi connectivity index (χ4v) is 1.42. The van der Waals surface area contributed by atoms with Gasteiger partial charge in [-0.15, -0.1) is 0 Å². The Kier molecular flexibility index (Phi) is 4.80. The summed E-state index contributed by atoms with van der Waals surface area (Å²) in [4.78, 5) is 13.9. The smallest absolute Gasteiger partial charge is 0.211 e. The second kappa shape index (κ2) is 5.09. The monoisotopic (exact) mass is 155 g/mol. The molecule has 11 heavy (non-hydrogen) atoms. The molecule has 0 spiro atoms. The first-order chi connectivity index (χ1) is 5.18. The van der Waals surface area contributed by atoms with E-state index < -0.39 is 0 Å². The quantitative estimate of drug-likeness (QED) is 0.443. The summed E-state index contributed by atoms with van der Waals surface area (Å²) in [5.41, 5.74) is -0.148. The van der Waals surface area contributed by atoms with Gasteiger partial charge in [0.1, 0.15) is 0 Å². The summed E-state index contributed by atoms with van der Waals surface area (Å²) < 4.78 is 0. The lowest BCUT2D eigenvalue weighted by atomic mass is 9.92. The minimum absolute atomic E-state index is 0.148. The van der Waals surface area contributed by atoms with Gasteiger partial charge in [0.05, 0.1) is 5.54 Å². The van der Waals surface area contributed by atoms with E-state index in [1.807, 2.05) is 6.92 Å². The lowest BCUT2D eigenvalue weighted by molar-refractivity contribution is 0.392. The Morgan fingerprint density at radius 1 is 1.27 bits per heavy atom. The molecule has 0 fully saturated rings. The zero-order chi connectivity index (χ0) is 8.74. The number of hydrogen-bond acceptors (Lipinski definition) is 2. The van der Waals surface area contributed by atoms with Crippen LogP contribution in [0.1, 0.15) is 46.5 Å². The van der Waals surface area contributed by atoms with Gasteiger partial charge < -0.3 is 0 Å². The van der Waals surface area contributed by atoms with E-state index >= 15 is 0 Å². The van der Waals surface area contributed by atoms with Crippen LogP contribution in [0.3, 0.4) is 0 Å². The SMILES string of the molecule is CCCC(C)(CCC)N=C=O. The van der Waals surface area contributed by atoms with E-state index in [-0.39, 0.29) is 5.54 Å². The van der Waals surface area contributed by atoms with Crippen LogP contribution in [0.2, 0.25) is 0 Å². The van der Waals surface area contributed by atoms with Gasteiger partial charge >= 0.3 is 0 Å². The molecule has 0 rings (SSSR count). The van der Waals surface area contributed by atoms with E-state index in [1.54, 1.807) is 6.08 Å². The van der Waals surface area contributed by atoms with Crippen molar-refractivity contribution in [2.45, 2.75) is 52.0 Å². The van der Waals surface area contributed by atoms with Crippen molar-refractivity contribution in [2.24, 2.45) is 4.99 Å². The molecule has 0 aromatic rings. The largest absolute Gasteiger partial charge is 0.235 e. The van der Waals surface area contributed by atoms with Gasteiger partial charge in [0.2, 0.25) is 6.08 Å². The summed E-state index contributed by atoms with van der Waals surface area (Å²) in [6.45, 7) is 6.23. The van der Waals surface area contributed by atoms with Crippen LogP contribution in [0.25, 0.3) is 0 Å². The van der Waals surface area contributed by atoms with E-state index in [9.17, 15) is 4.79 Å². The van der Waals surface area contributed by atoms with E-state index in [0.717, 1.165) is 25.7 Å². The van der Waals surface area contributed by atoms with Gasteiger partial charge in [-0.3, -0.25) is 0 Å². The first-order valence-corrected chi connectivity index (χ1v) is 4.27. The van der Waals surface area contributed by atoms with E-state index in [4.69, 9.17) is 0 Å². The maximum Gasteiger partial charge on any atom is 0.235 e. The Morgan fingerprint density at radius 3 is 2.00 bits per heavy atom. The molecule has 0 heterocycles. The van der Waals surface area contributed by atoms with Gasteiger partial charge in [0.25, 0.3) is 0 Å². The molecule has 0 saturated heterocycles. The third kappa shape index (κ3) is 3.94. The normalized spacial score (nSPS) is 10.8. The number of isocyanates is 1. The fraction of sp³-hybridized carbons (Fsp3) is 0.889. The minimum atomic E-state index is -0.148. The van der Waals surface area contributed by atoms with Crippen molar-refractivity contribution in [3.05, 3.63) is 0 Å². The third-order valence-electron chi connectivity index (χ3n) is 1.89. The molecule has 2 nitrogen and oxygen atoms in total. The summed E-state index contributed by atoms with van der Waals surface area (Å²) >= 11 is 0. The van der Waals surface area contributed by atoms with Gasteiger partial charge in [0.15, 0.2) is 0 Å². The second-order valence-corrected chi connectivity index (χ2v) is 3.20. The molecule has 0 amide bonds. The predicted octanol–water partition coefficient (Wildman–Crippen LogP) is 2.68. The van der Waals surface area contributed by atoms with Gasteiger partial charge in [-0.1, -0.05) is 26.7 Å². The van der Waals surface area contributed by atoms with Crippen LogP contribution in [-0.2, 0) is 4.79 Å². The van der Waals surface area contributed by atoms with Crippen LogP contribution in [0.5, 0.6) is 0 Å². The highest BCUT2D eigenvalue weighted by atomic mass is 16.1. The Morgan fingerprint density at radius 2 is 1.73 bits per heavy atom. The Hall–Kier alpha value is -0.620. The average Bonchev–Trinajstić information content (AvgIpc) is 1.88. The van der Waals surface area contributed by atoms with Crippen LogP contribution >= 0.6 is 0 Å². The van der Waals surface area contributed by atoms with Crippen LogP contribution < -0.4 is 0 Å². The third-order valence-corrected chi connectivity index (χ3v) is 1.89. The number of aliphatic imine (C=N–C) groups is 1. The van der Waals surface area contributed by atoms with Crippen molar-refractivity contribution in [1.29, 1.82) is 0 Å². The topological polar surface area (TPSA) is 29.4 Å². The highest BCUT2D eigenvalue weighted by molar-refractivity contribution is 5.34. The van der Waals surface area contributed by atoms with Crippen LogP contribution in [0, 0.1) is 0 Å². The molecule has 0 aliphatic rings. The standard InChI is InChI=1S/C9H17NO/c1-4-6-9(3,7-5-2)10-8-11/h4-7H2,1-3H3. The summed E-state index contributed by atoms with van der Waals surface area (Å²) in [5.74, 6) is 0. The molecule has 0 saturated carbocycles.